The lowest BCUT2D eigenvalue weighted by molar-refractivity contribution is 0.102. The average molecular weight is 280 g/mol. The summed E-state index contributed by atoms with van der Waals surface area (Å²) in [5, 5.41) is 6.80. The third-order valence-electron chi connectivity index (χ3n) is 2.88. The minimum atomic E-state index is -0.303. The first-order valence-corrected chi connectivity index (χ1v) is 6.21. The van der Waals surface area contributed by atoms with Crippen LogP contribution in [-0.2, 0) is 0 Å². The Balaban J connectivity index is 1.93. The van der Waals surface area contributed by atoms with Crippen LogP contribution in [-0.4, -0.2) is 25.7 Å². The summed E-state index contributed by atoms with van der Waals surface area (Å²) in [5.41, 5.74) is 7.15. The van der Waals surface area contributed by atoms with Gasteiger partial charge in [-0.25, -0.2) is 14.6 Å². The minimum Gasteiger partial charge on any atom is -0.398 e. The molecular weight excluding hydrogens is 268 g/mol. The SMILES string of the molecule is Nc1ccccc1C(=O)Nc1cccnc1-n1cncn1. The highest BCUT2D eigenvalue weighted by Gasteiger charge is 2.13. The second-order valence-electron chi connectivity index (χ2n) is 4.26. The number of para-hydroxylation sites is 1. The van der Waals surface area contributed by atoms with Crippen LogP contribution in [0.1, 0.15) is 10.4 Å². The number of nitrogens with two attached hydrogens (primary N) is 1. The average Bonchev–Trinajstić information content (AvgIpc) is 3.02. The van der Waals surface area contributed by atoms with Crippen molar-refractivity contribution in [2.75, 3.05) is 11.1 Å². The monoisotopic (exact) mass is 280 g/mol. The first-order chi connectivity index (χ1) is 10.3. The number of nitrogens with zero attached hydrogens (tertiary/aromatic N) is 4. The van der Waals surface area contributed by atoms with E-state index in [0.717, 1.165) is 0 Å². The van der Waals surface area contributed by atoms with E-state index in [0.29, 0.717) is 22.8 Å². The highest BCUT2D eigenvalue weighted by Crippen LogP contribution is 2.18. The predicted octanol–water partition coefficient (Wildman–Crippen LogP) is 1.50. The van der Waals surface area contributed by atoms with E-state index in [1.54, 1.807) is 42.6 Å². The third-order valence-corrected chi connectivity index (χ3v) is 2.88. The Morgan fingerprint density at radius 3 is 2.81 bits per heavy atom. The number of hydrogen-bond acceptors (Lipinski definition) is 5. The molecule has 2 aromatic heterocycles. The molecule has 0 unspecified atom stereocenters. The van der Waals surface area contributed by atoms with E-state index >= 15 is 0 Å². The van der Waals surface area contributed by atoms with Crippen molar-refractivity contribution in [3.8, 4) is 5.82 Å². The number of pyridine rings is 1. The molecule has 0 atom stereocenters. The molecule has 0 bridgehead atoms. The molecule has 2 heterocycles. The Morgan fingerprint density at radius 2 is 2.05 bits per heavy atom. The third kappa shape index (κ3) is 2.57. The molecule has 0 saturated carbocycles. The molecule has 1 amide bonds. The predicted molar refractivity (Wildman–Crippen MR) is 78.0 cm³/mol. The molecule has 0 spiro atoms. The van der Waals surface area contributed by atoms with Crippen LogP contribution in [0.25, 0.3) is 5.82 Å². The number of amides is 1. The molecule has 1 aromatic carbocycles. The van der Waals surface area contributed by atoms with Gasteiger partial charge in [-0.3, -0.25) is 4.79 Å². The van der Waals surface area contributed by atoms with Gasteiger partial charge in [0.05, 0.1) is 11.3 Å². The molecule has 3 aromatic rings. The number of nitrogen functional groups attached to an aromatic ring is 1. The first kappa shape index (κ1) is 12.8. The molecule has 3 N–H and O–H groups in total. The first-order valence-electron chi connectivity index (χ1n) is 6.21. The summed E-state index contributed by atoms with van der Waals surface area (Å²) >= 11 is 0. The quantitative estimate of drug-likeness (QED) is 0.708. The van der Waals surface area contributed by atoms with Gasteiger partial charge in [0.25, 0.3) is 5.91 Å². The largest absolute Gasteiger partial charge is 0.398 e. The summed E-state index contributed by atoms with van der Waals surface area (Å²) in [5.74, 6) is 0.181. The molecule has 0 aliphatic carbocycles. The fourth-order valence-corrected chi connectivity index (χ4v) is 1.89. The maximum absolute atomic E-state index is 12.3. The van der Waals surface area contributed by atoms with Gasteiger partial charge >= 0.3 is 0 Å². The van der Waals surface area contributed by atoms with Gasteiger partial charge in [0.15, 0.2) is 5.82 Å². The van der Waals surface area contributed by atoms with Crippen molar-refractivity contribution >= 4 is 17.3 Å². The molecule has 0 fully saturated rings. The zero-order chi connectivity index (χ0) is 14.7. The standard InChI is InChI=1S/C14H12N6O/c15-11-5-2-1-4-10(11)14(21)19-12-6-3-7-17-13(12)20-9-16-8-18-20/h1-9H,15H2,(H,19,21). The number of aromatic nitrogens is 4. The Morgan fingerprint density at radius 1 is 1.19 bits per heavy atom. The lowest BCUT2D eigenvalue weighted by atomic mass is 10.1. The zero-order valence-corrected chi connectivity index (χ0v) is 11.0. The van der Waals surface area contributed by atoms with Crippen LogP contribution < -0.4 is 11.1 Å². The van der Waals surface area contributed by atoms with E-state index in [2.05, 4.69) is 20.4 Å². The van der Waals surface area contributed by atoms with Crippen molar-refractivity contribution in [3.63, 3.8) is 0 Å². The van der Waals surface area contributed by atoms with Crippen LogP contribution in [0.3, 0.4) is 0 Å². The Kier molecular flexibility index (Phi) is 3.30. The van der Waals surface area contributed by atoms with Crippen LogP contribution in [0.4, 0.5) is 11.4 Å². The molecule has 7 nitrogen and oxygen atoms in total. The fourth-order valence-electron chi connectivity index (χ4n) is 1.89. The van der Waals surface area contributed by atoms with Gasteiger partial charge in [0.2, 0.25) is 0 Å². The van der Waals surface area contributed by atoms with E-state index in [9.17, 15) is 4.79 Å². The summed E-state index contributed by atoms with van der Waals surface area (Å²) in [4.78, 5) is 20.4. The molecule has 21 heavy (non-hydrogen) atoms. The van der Waals surface area contributed by atoms with Crippen molar-refractivity contribution in [1.29, 1.82) is 0 Å². The Labute approximate surface area is 120 Å². The van der Waals surface area contributed by atoms with Crippen molar-refractivity contribution in [2.24, 2.45) is 0 Å². The zero-order valence-electron chi connectivity index (χ0n) is 11.0. The number of nitrogens with one attached hydrogen (secondary N) is 1. The summed E-state index contributed by atoms with van der Waals surface area (Å²) < 4.78 is 1.48. The smallest absolute Gasteiger partial charge is 0.257 e. The van der Waals surface area contributed by atoms with Crippen molar-refractivity contribution in [3.05, 3.63) is 60.8 Å². The molecule has 7 heteroatoms. The molecule has 0 radical (unpaired) electrons. The minimum absolute atomic E-state index is 0.303. The van der Waals surface area contributed by atoms with Crippen molar-refractivity contribution < 1.29 is 4.79 Å². The number of benzene rings is 1. The van der Waals surface area contributed by atoms with E-state index in [4.69, 9.17) is 5.73 Å². The molecule has 0 aliphatic heterocycles. The van der Waals surface area contributed by atoms with Gasteiger partial charge in [-0.2, -0.15) is 5.10 Å². The van der Waals surface area contributed by atoms with Crippen LogP contribution in [0.2, 0.25) is 0 Å². The van der Waals surface area contributed by atoms with Crippen molar-refractivity contribution in [2.45, 2.75) is 0 Å². The summed E-state index contributed by atoms with van der Waals surface area (Å²) in [6, 6.07) is 10.3. The van der Waals surface area contributed by atoms with Gasteiger partial charge in [-0.15, -0.1) is 0 Å². The number of carbonyl (C=O) groups is 1. The van der Waals surface area contributed by atoms with E-state index < -0.39 is 0 Å². The Hall–Kier alpha value is -3.22. The van der Waals surface area contributed by atoms with Gasteiger partial charge in [0.1, 0.15) is 12.7 Å². The summed E-state index contributed by atoms with van der Waals surface area (Å²) in [6.07, 6.45) is 4.52. The number of rotatable bonds is 3. The topological polar surface area (TPSA) is 98.7 Å². The lowest BCUT2D eigenvalue weighted by Crippen LogP contribution is -2.16. The van der Waals surface area contributed by atoms with E-state index in [1.807, 2.05) is 0 Å². The summed E-state index contributed by atoms with van der Waals surface area (Å²) in [6.45, 7) is 0. The highest BCUT2D eigenvalue weighted by atomic mass is 16.1. The maximum atomic E-state index is 12.3. The van der Waals surface area contributed by atoms with Crippen LogP contribution in [0, 0.1) is 0 Å². The molecular formula is C14H12N6O. The number of hydrogen-bond donors (Lipinski definition) is 2. The molecule has 104 valence electrons. The van der Waals surface area contributed by atoms with Gasteiger partial charge < -0.3 is 11.1 Å². The van der Waals surface area contributed by atoms with Gasteiger partial charge in [-0.05, 0) is 24.3 Å². The second kappa shape index (κ2) is 5.41. The second-order valence-corrected chi connectivity index (χ2v) is 4.26. The van der Waals surface area contributed by atoms with Gasteiger partial charge in [0, 0.05) is 11.9 Å². The van der Waals surface area contributed by atoms with E-state index in [1.165, 1.54) is 17.3 Å². The van der Waals surface area contributed by atoms with Crippen LogP contribution in [0.5, 0.6) is 0 Å². The highest BCUT2D eigenvalue weighted by molar-refractivity contribution is 6.08. The maximum Gasteiger partial charge on any atom is 0.257 e. The molecule has 0 aliphatic rings. The number of anilines is 2. The molecule has 0 saturated heterocycles. The number of carbonyl (C=O) groups excluding carboxylic acids is 1. The fraction of sp³-hybridized carbons (Fsp3) is 0. The van der Waals surface area contributed by atoms with Gasteiger partial charge in [-0.1, -0.05) is 12.1 Å². The van der Waals surface area contributed by atoms with Crippen LogP contribution >= 0.6 is 0 Å². The van der Waals surface area contributed by atoms with Crippen LogP contribution in [0.15, 0.2) is 55.2 Å². The van der Waals surface area contributed by atoms with E-state index in [-0.39, 0.29) is 5.91 Å². The van der Waals surface area contributed by atoms with Crippen molar-refractivity contribution in [1.82, 2.24) is 19.7 Å². The normalized spacial score (nSPS) is 10.3. The Bertz CT molecular complexity index is 769. The lowest BCUT2D eigenvalue weighted by Gasteiger charge is -2.10. The molecule has 3 rings (SSSR count). The summed E-state index contributed by atoms with van der Waals surface area (Å²) in [7, 11) is 0.